The number of nitriles is 1. The Hall–Kier alpha value is -2.12. The van der Waals surface area contributed by atoms with Crippen LogP contribution in [0.3, 0.4) is 0 Å². The zero-order valence-electron chi connectivity index (χ0n) is 9.01. The Kier molecular flexibility index (Phi) is 3.53. The molecule has 1 N–H and O–H groups in total. The van der Waals surface area contributed by atoms with Crippen LogP contribution < -0.4 is 5.32 Å². The molecule has 0 aliphatic carbocycles. The number of thiophene rings is 1. The Balaban J connectivity index is 2.05. The zero-order chi connectivity index (χ0) is 12.1. The van der Waals surface area contributed by atoms with E-state index < -0.39 is 0 Å². The van der Waals surface area contributed by atoms with Crippen LogP contribution in [-0.4, -0.2) is 5.91 Å². The number of hydrogen-bond acceptors (Lipinski definition) is 3. The van der Waals surface area contributed by atoms with Crippen LogP contribution in [0.5, 0.6) is 0 Å². The van der Waals surface area contributed by atoms with Crippen molar-refractivity contribution in [3.8, 4) is 6.07 Å². The van der Waals surface area contributed by atoms with Crippen LogP contribution in [0.1, 0.15) is 15.2 Å². The molecular weight excluding hydrogens is 232 g/mol. The quantitative estimate of drug-likeness (QED) is 0.899. The molecule has 2 rings (SSSR count). The molecule has 2 aromatic rings. The van der Waals surface area contributed by atoms with Crippen molar-refractivity contribution < 1.29 is 4.79 Å². The summed E-state index contributed by atoms with van der Waals surface area (Å²) in [6.45, 7) is 0. The van der Waals surface area contributed by atoms with E-state index >= 15 is 0 Å². The second kappa shape index (κ2) is 5.28. The molecule has 0 saturated heterocycles. The van der Waals surface area contributed by atoms with Crippen molar-refractivity contribution in [2.24, 2.45) is 0 Å². The van der Waals surface area contributed by atoms with E-state index in [0.29, 0.717) is 11.3 Å². The normalized spacial score (nSPS) is 9.59. The third-order valence-electron chi connectivity index (χ3n) is 2.24. The molecule has 0 aliphatic heterocycles. The van der Waals surface area contributed by atoms with Crippen LogP contribution in [0.4, 0.5) is 5.69 Å². The van der Waals surface area contributed by atoms with Crippen molar-refractivity contribution in [3.05, 3.63) is 52.2 Å². The van der Waals surface area contributed by atoms with Gasteiger partial charge in [0.25, 0.3) is 5.91 Å². The maximum Gasteiger partial charge on any atom is 0.265 e. The van der Waals surface area contributed by atoms with Gasteiger partial charge >= 0.3 is 0 Å². The lowest BCUT2D eigenvalue weighted by Gasteiger charge is -2.03. The highest BCUT2D eigenvalue weighted by atomic mass is 32.1. The molecule has 0 unspecified atom stereocenters. The molecule has 1 aromatic heterocycles. The van der Waals surface area contributed by atoms with Gasteiger partial charge in [-0.25, -0.2) is 0 Å². The van der Waals surface area contributed by atoms with E-state index in [4.69, 9.17) is 5.26 Å². The number of nitrogens with zero attached hydrogens (tertiary/aromatic N) is 1. The minimum absolute atomic E-state index is 0.104. The third kappa shape index (κ3) is 2.92. The minimum Gasteiger partial charge on any atom is -0.321 e. The van der Waals surface area contributed by atoms with Crippen LogP contribution in [0, 0.1) is 11.3 Å². The molecule has 17 heavy (non-hydrogen) atoms. The molecule has 0 atom stereocenters. The Morgan fingerprint density at radius 1 is 1.29 bits per heavy atom. The highest BCUT2D eigenvalue weighted by molar-refractivity contribution is 7.12. The third-order valence-corrected chi connectivity index (χ3v) is 3.11. The van der Waals surface area contributed by atoms with Crippen LogP contribution in [0.2, 0.25) is 0 Å². The van der Waals surface area contributed by atoms with Crippen molar-refractivity contribution in [1.29, 1.82) is 5.26 Å². The molecule has 0 saturated carbocycles. The fraction of sp³-hybridized carbons (Fsp3) is 0.0769. The standard InChI is InChI=1S/C13H10N2OS/c14-8-7-10-3-5-11(6-4-10)15-13(16)12-2-1-9-17-12/h1-6,9H,7H2,(H,15,16). The molecule has 1 amide bonds. The second-order valence-corrected chi connectivity index (χ2v) is 4.41. The summed E-state index contributed by atoms with van der Waals surface area (Å²) in [7, 11) is 0. The predicted molar refractivity (Wildman–Crippen MR) is 68.0 cm³/mol. The number of rotatable bonds is 3. The van der Waals surface area contributed by atoms with E-state index in [9.17, 15) is 4.79 Å². The first-order valence-corrected chi connectivity index (χ1v) is 5.98. The van der Waals surface area contributed by atoms with E-state index in [1.165, 1.54) is 11.3 Å². The van der Waals surface area contributed by atoms with Gasteiger partial charge in [0.1, 0.15) is 0 Å². The van der Waals surface area contributed by atoms with Gasteiger partial charge in [-0.2, -0.15) is 5.26 Å². The van der Waals surface area contributed by atoms with E-state index in [0.717, 1.165) is 11.3 Å². The van der Waals surface area contributed by atoms with Gasteiger partial charge < -0.3 is 5.32 Å². The number of carbonyl (C=O) groups is 1. The summed E-state index contributed by atoms with van der Waals surface area (Å²) < 4.78 is 0. The van der Waals surface area contributed by atoms with Gasteiger partial charge in [-0.3, -0.25) is 4.79 Å². The van der Waals surface area contributed by atoms with Crippen LogP contribution >= 0.6 is 11.3 Å². The summed E-state index contributed by atoms with van der Waals surface area (Å²) in [5.74, 6) is -0.104. The van der Waals surface area contributed by atoms with Crippen molar-refractivity contribution >= 4 is 22.9 Å². The minimum atomic E-state index is -0.104. The molecule has 0 bridgehead atoms. The fourth-order valence-corrected chi connectivity index (χ4v) is 2.02. The highest BCUT2D eigenvalue weighted by Gasteiger charge is 2.06. The van der Waals surface area contributed by atoms with E-state index in [1.807, 2.05) is 23.6 Å². The lowest BCUT2D eigenvalue weighted by molar-refractivity contribution is 0.103. The highest BCUT2D eigenvalue weighted by Crippen LogP contribution is 2.14. The van der Waals surface area contributed by atoms with Gasteiger partial charge in [0.15, 0.2) is 0 Å². The lowest BCUT2D eigenvalue weighted by atomic mass is 10.1. The predicted octanol–water partition coefficient (Wildman–Crippen LogP) is 3.07. The monoisotopic (exact) mass is 242 g/mol. The lowest BCUT2D eigenvalue weighted by Crippen LogP contribution is -2.09. The van der Waals surface area contributed by atoms with E-state index in [2.05, 4.69) is 11.4 Å². The summed E-state index contributed by atoms with van der Waals surface area (Å²) >= 11 is 1.41. The SMILES string of the molecule is N#CCc1ccc(NC(=O)c2cccs2)cc1. The maximum absolute atomic E-state index is 11.7. The molecule has 0 fully saturated rings. The summed E-state index contributed by atoms with van der Waals surface area (Å²) in [6.07, 6.45) is 0.388. The number of amides is 1. The zero-order valence-corrected chi connectivity index (χ0v) is 9.83. The molecule has 84 valence electrons. The first kappa shape index (κ1) is 11.4. The summed E-state index contributed by atoms with van der Waals surface area (Å²) in [5.41, 5.74) is 1.69. The first-order chi connectivity index (χ1) is 8.29. The molecule has 1 heterocycles. The Morgan fingerprint density at radius 3 is 2.65 bits per heavy atom. The maximum atomic E-state index is 11.7. The van der Waals surface area contributed by atoms with Crippen LogP contribution in [-0.2, 0) is 6.42 Å². The summed E-state index contributed by atoms with van der Waals surface area (Å²) in [6, 6.07) is 13.0. The fourth-order valence-electron chi connectivity index (χ4n) is 1.40. The number of carbonyl (C=O) groups excluding carboxylic acids is 1. The smallest absolute Gasteiger partial charge is 0.265 e. The number of benzene rings is 1. The van der Waals surface area contributed by atoms with Gasteiger partial charge in [0.2, 0.25) is 0 Å². The molecule has 0 aliphatic rings. The van der Waals surface area contributed by atoms with Gasteiger partial charge in [-0.1, -0.05) is 18.2 Å². The van der Waals surface area contributed by atoms with Gasteiger partial charge in [0, 0.05) is 5.69 Å². The Morgan fingerprint density at radius 2 is 2.06 bits per heavy atom. The van der Waals surface area contributed by atoms with Crippen LogP contribution in [0.25, 0.3) is 0 Å². The molecule has 0 spiro atoms. The first-order valence-electron chi connectivity index (χ1n) is 5.10. The van der Waals surface area contributed by atoms with Crippen molar-refractivity contribution in [2.45, 2.75) is 6.42 Å². The molecule has 4 heteroatoms. The Bertz CT molecular complexity index is 538. The average molecular weight is 242 g/mol. The average Bonchev–Trinajstić information content (AvgIpc) is 2.86. The van der Waals surface area contributed by atoms with E-state index in [-0.39, 0.29) is 5.91 Å². The van der Waals surface area contributed by atoms with Crippen molar-refractivity contribution in [1.82, 2.24) is 0 Å². The van der Waals surface area contributed by atoms with E-state index in [1.54, 1.807) is 18.2 Å². The van der Waals surface area contributed by atoms with Gasteiger partial charge in [-0.15, -0.1) is 11.3 Å². The van der Waals surface area contributed by atoms with Gasteiger partial charge in [-0.05, 0) is 29.1 Å². The number of nitrogens with one attached hydrogen (secondary N) is 1. The van der Waals surface area contributed by atoms with Crippen LogP contribution in [0.15, 0.2) is 41.8 Å². The molecule has 1 aromatic carbocycles. The molecule has 0 radical (unpaired) electrons. The topological polar surface area (TPSA) is 52.9 Å². The molecule has 3 nitrogen and oxygen atoms in total. The largest absolute Gasteiger partial charge is 0.321 e. The van der Waals surface area contributed by atoms with Crippen molar-refractivity contribution in [2.75, 3.05) is 5.32 Å². The Labute approximate surface area is 103 Å². The molecular formula is C13H10N2OS. The number of hydrogen-bond donors (Lipinski definition) is 1. The summed E-state index contributed by atoms with van der Waals surface area (Å²) in [4.78, 5) is 12.4. The van der Waals surface area contributed by atoms with Gasteiger partial charge in [0.05, 0.1) is 17.4 Å². The number of anilines is 1. The summed E-state index contributed by atoms with van der Waals surface area (Å²) in [5, 5.41) is 13.2. The van der Waals surface area contributed by atoms with Crippen molar-refractivity contribution in [3.63, 3.8) is 0 Å². The second-order valence-electron chi connectivity index (χ2n) is 3.46.